The van der Waals surface area contributed by atoms with Gasteiger partial charge in [0.25, 0.3) is 0 Å². The summed E-state index contributed by atoms with van der Waals surface area (Å²) in [5.74, 6) is -0.236. The third-order valence-corrected chi connectivity index (χ3v) is 4.26. The van der Waals surface area contributed by atoms with Crippen LogP contribution in [-0.4, -0.2) is 27.2 Å². The Balaban J connectivity index is 1.57. The molecule has 2 heterocycles. The molecule has 1 N–H and O–H groups in total. The number of carbonyl (C=O) groups is 1. The zero-order valence-electron chi connectivity index (χ0n) is 15.4. The molecule has 0 fully saturated rings. The summed E-state index contributed by atoms with van der Waals surface area (Å²) in [6, 6.07) is 13.6. The Morgan fingerprint density at radius 1 is 1.19 bits per heavy atom. The van der Waals surface area contributed by atoms with Crippen molar-refractivity contribution in [1.29, 1.82) is 0 Å². The molecule has 1 amide bonds. The maximum Gasteiger partial charge on any atom is 0.442 e. The van der Waals surface area contributed by atoms with Crippen LogP contribution in [-0.2, 0) is 17.8 Å². The van der Waals surface area contributed by atoms with E-state index in [1.165, 1.54) is 10.1 Å². The Labute approximate surface area is 157 Å². The van der Waals surface area contributed by atoms with E-state index in [0.717, 1.165) is 12.0 Å². The lowest BCUT2D eigenvalue weighted by Gasteiger charge is -2.08. The van der Waals surface area contributed by atoms with Crippen LogP contribution < -0.4 is 11.1 Å². The summed E-state index contributed by atoms with van der Waals surface area (Å²) in [6.07, 6.45) is 2.30. The predicted molar refractivity (Wildman–Crippen MR) is 101 cm³/mol. The molecule has 0 aliphatic carbocycles. The lowest BCUT2D eigenvalue weighted by Crippen LogP contribution is -2.32. The number of nitrogens with zero attached hydrogens (tertiary/aromatic N) is 3. The number of benzene rings is 1. The van der Waals surface area contributed by atoms with Gasteiger partial charge in [0.2, 0.25) is 11.7 Å². The molecule has 0 radical (unpaired) electrons. The Morgan fingerprint density at radius 3 is 2.63 bits per heavy atom. The van der Waals surface area contributed by atoms with Gasteiger partial charge in [0.1, 0.15) is 12.2 Å². The number of aromatic nitrogens is 3. The van der Waals surface area contributed by atoms with Crippen molar-refractivity contribution in [3.05, 3.63) is 70.3 Å². The highest BCUT2D eigenvalue weighted by molar-refractivity contribution is 5.76. The molecule has 0 saturated heterocycles. The van der Waals surface area contributed by atoms with Crippen LogP contribution in [0.5, 0.6) is 0 Å². The molecule has 3 rings (SSSR count). The van der Waals surface area contributed by atoms with Gasteiger partial charge in [-0.25, -0.2) is 9.36 Å². The van der Waals surface area contributed by atoms with Crippen LogP contribution >= 0.6 is 0 Å². The summed E-state index contributed by atoms with van der Waals surface area (Å²) in [5, 5.41) is 6.55. The first-order valence-corrected chi connectivity index (χ1v) is 8.88. The third kappa shape index (κ3) is 4.69. The van der Waals surface area contributed by atoms with E-state index in [1.54, 1.807) is 24.4 Å². The summed E-state index contributed by atoms with van der Waals surface area (Å²) >= 11 is 0. The molecule has 1 aromatic carbocycles. The number of rotatable bonds is 7. The zero-order valence-corrected chi connectivity index (χ0v) is 15.4. The highest BCUT2D eigenvalue weighted by atomic mass is 16.5. The van der Waals surface area contributed by atoms with Crippen molar-refractivity contribution in [2.45, 2.75) is 32.7 Å². The van der Waals surface area contributed by atoms with Gasteiger partial charge in [-0.1, -0.05) is 49.3 Å². The minimum atomic E-state index is -0.685. The number of nitrogens with one attached hydrogen (secondary N) is 1. The molecule has 0 aliphatic rings. The summed E-state index contributed by atoms with van der Waals surface area (Å²) in [5.41, 5.74) is 2.91. The minimum Gasteiger partial charge on any atom is -0.354 e. The normalized spacial score (nSPS) is 10.9. The third-order valence-electron chi connectivity index (χ3n) is 4.26. The van der Waals surface area contributed by atoms with Crippen LogP contribution in [0, 0.1) is 0 Å². The molecule has 27 heavy (non-hydrogen) atoms. The van der Waals surface area contributed by atoms with Gasteiger partial charge in [-0.2, -0.15) is 0 Å². The van der Waals surface area contributed by atoms with E-state index < -0.39 is 5.76 Å². The zero-order chi connectivity index (χ0) is 19.2. The smallest absolute Gasteiger partial charge is 0.354 e. The standard InChI is InChI=1S/C20H22N4O3/c1-14(2)16-8-6-15(7-9-16)10-12-22-18(25)13-24-19(23-27-20(24)26)17-5-3-4-11-21-17/h3-9,11,14H,10,12-13H2,1-2H3,(H,22,25). The van der Waals surface area contributed by atoms with Crippen LogP contribution in [0.25, 0.3) is 11.5 Å². The molecule has 0 spiro atoms. The summed E-state index contributed by atoms with van der Waals surface area (Å²) in [7, 11) is 0. The van der Waals surface area contributed by atoms with Gasteiger partial charge in [-0.05, 0) is 35.6 Å². The average molecular weight is 366 g/mol. The fraction of sp³-hybridized carbons (Fsp3) is 0.300. The van der Waals surface area contributed by atoms with Crippen LogP contribution in [0.2, 0.25) is 0 Å². The second kappa shape index (κ2) is 8.44. The van der Waals surface area contributed by atoms with E-state index in [1.807, 2.05) is 0 Å². The molecule has 7 heteroatoms. The first-order chi connectivity index (χ1) is 13.0. The summed E-state index contributed by atoms with van der Waals surface area (Å²) < 4.78 is 5.87. The molecule has 7 nitrogen and oxygen atoms in total. The molecule has 140 valence electrons. The van der Waals surface area contributed by atoms with Crippen LogP contribution in [0.1, 0.15) is 30.9 Å². The molecule has 0 saturated carbocycles. The van der Waals surface area contributed by atoms with E-state index in [-0.39, 0.29) is 18.3 Å². The van der Waals surface area contributed by atoms with Crippen LogP contribution in [0.15, 0.2) is 58.0 Å². The molecule has 0 bridgehead atoms. The summed E-state index contributed by atoms with van der Waals surface area (Å²) in [6.45, 7) is 4.63. The van der Waals surface area contributed by atoms with Crippen LogP contribution in [0.3, 0.4) is 0 Å². The first-order valence-electron chi connectivity index (χ1n) is 8.88. The second-order valence-electron chi connectivity index (χ2n) is 6.57. The van der Waals surface area contributed by atoms with E-state index in [2.05, 4.69) is 53.6 Å². The van der Waals surface area contributed by atoms with Crippen molar-refractivity contribution in [3.63, 3.8) is 0 Å². The number of pyridine rings is 1. The average Bonchev–Trinajstić information content (AvgIpc) is 3.03. The van der Waals surface area contributed by atoms with Crippen molar-refractivity contribution in [3.8, 4) is 11.5 Å². The SMILES string of the molecule is CC(C)c1ccc(CCNC(=O)Cn2c(-c3ccccn3)noc2=O)cc1. The number of amides is 1. The lowest BCUT2D eigenvalue weighted by atomic mass is 10.0. The quantitative estimate of drug-likeness (QED) is 0.693. The first kappa shape index (κ1) is 18.6. The predicted octanol–water partition coefficient (Wildman–Crippen LogP) is 2.38. The fourth-order valence-corrected chi connectivity index (χ4v) is 2.70. The highest BCUT2D eigenvalue weighted by Crippen LogP contribution is 2.15. The van der Waals surface area contributed by atoms with Gasteiger partial charge in [0.15, 0.2) is 0 Å². The maximum atomic E-state index is 12.2. The molecule has 2 aromatic heterocycles. The van der Waals surface area contributed by atoms with Crippen molar-refractivity contribution in [2.24, 2.45) is 0 Å². The van der Waals surface area contributed by atoms with Gasteiger partial charge in [-0.3, -0.25) is 14.3 Å². The molecular weight excluding hydrogens is 344 g/mol. The number of carbonyl (C=O) groups excluding carboxylic acids is 1. The van der Waals surface area contributed by atoms with Crippen molar-refractivity contribution in [2.75, 3.05) is 6.54 Å². The van der Waals surface area contributed by atoms with Crippen molar-refractivity contribution in [1.82, 2.24) is 20.0 Å². The molecule has 0 unspecified atom stereocenters. The second-order valence-corrected chi connectivity index (χ2v) is 6.57. The van der Waals surface area contributed by atoms with Gasteiger partial charge >= 0.3 is 5.76 Å². The van der Waals surface area contributed by atoms with E-state index in [4.69, 9.17) is 4.52 Å². The number of hydrogen-bond acceptors (Lipinski definition) is 5. The Kier molecular flexibility index (Phi) is 5.80. The monoisotopic (exact) mass is 366 g/mol. The van der Waals surface area contributed by atoms with Gasteiger partial charge in [-0.15, -0.1) is 0 Å². The van der Waals surface area contributed by atoms with Gasteiger partial charge in [0, 0.05) is 12.7 Å². The van der Waals surface area contributed by atoms with E-state index in [0.29, 0.717) is 18.2 Å². The number of hydrogen-bond donors (Lipinski definition) is 1. The molecular formula is C20H22N4O3. The topological polar surface area (TPSA) is 90.0 Å². The Hall–Kier alpha value is -3.22. The molecule has 3 aromatic rings. The van der Waals surface area contributed by atoms with Crippen molar-refractivity contribution >= 4 is 5.91 Å². The Morgan fingerprint density at radius 2 is 1.96 bits per heavy atom. The van der Waals surface area contributed by atoms with Crippen molar-refractivity contribution < 1.29 is 9.32 Å². The maximum absolute atomic E-state index is 12.2. The lowest BCUT2D eigenvalue weighted by molar-refractivity contribution is -0.121. The van der Waals surface area contributed by atoms with Gasteiger partial charge in [0.05, 0.1) is 0 Å². The summed E-state index contributed by atoms with van der Waals surface area (Å²) in [4.78, 5) is 28.2. The largest absolute Gasteiger partial charge is 0.442 e. The fourth-order valence-electron chi connectivity index (χ4n) is 2.70. The minimum absolute atomic E-state index is 0.166. The van der Waals surface area contributed by atoms with E-state index in [9.17, 15) is 9.59 Å². The molecule has 0 aliphatic heterocycles. The Bertz CT molecular complexity index is 943. The van der Waals surface area contributed by atoms with Crippen LogP contribution in [0.4, 0.5) is 0 Å². The molecule has 0 atom stereocenters. The van der Waals surface area contributed by atoms with E-state index >= 15 is 0 Å². The van der Waals surface area contributed by atoms with Gasteiger partial charge < -0.3 is 5.32 Å². The highest BCUT2D eigenvalue weighted by Gasteiger charge is 2.16.